The Hall–Kier alpha value is -1.54. The highest BCUT2D eigenvalue weighted by molar-refractivity contribution is 7.89. The lowest BCUT2D eigenvalue weighted by Gasteiger charge is -2.34. The van der Waals surface area contributed by atoms with E-state index in [1.165, 1.54) is 4.31 Å². The third-order valence-corrected chi connectivity index (χ3v) is 6.48. The van der Waals surface area contributed by atoms with Crippen molar-refractivity contribution in [2.75, 3.05) is 26.2 Å². The maximum absolute atomic E-state index is 13.8. The van der Waals surface area contributed by atoms with Gasteiger partial charge in [-0.25, -0.2) is 17.2 Å². The molecule has 1 aliphatic rings. The summed E-state index contributed by atoms with van der Waals surface area (Å²) in [6.45, 7) is 2.01. The Morgan fingerprint density at radius 3 is 2.36 bits per heavy atom. The Labute approximate surface area is 150 Å². The van der Waals surface area contributed by atoms with E-state index in [1.54, 1.807) is 0 Å². The van der Waals surface area contributed by atoms with E-state index >= 15 is 0 Å². The van der Waals surface area contributed by atoms with Crippen molar-refractivity contribution >= 4 is 21.6 Å². The van der Waals surface area contributed by atoms with Crippen molar-refractivity contribution in [3.8, 4) is 0 Å². The zero-order valence-corrected chi connectivity index (χ0v) is 14.9. The summed E-state index contributed by atoms with van der Waals surface area (Å²) in [4.78, 5) is 1.46. The van der Waals surface area contributed by atoms with Gasteiger partial charge < -0.3 is 0 Å². The summed E-state index contributed by atoms with van der Waals surface area (Å²) >= 11 is 6.15. The minimum atomic E-state index is -4.05. The Morgan fingerprint density at radius 2 is 1.68 bits per heavy atom. The fraction of sp³-hybridized carbons (Fsp3) is 0.294. The van der Waals surface area contributed by atoms with Crippen molar-refractivity contribution in [1.82, 2.24) is 9.21 Å². The molecule has 0 amide bonds. The van der Waals surface area contributed by atoms with Crippen LogP contribution in [0.4, 0.5) is 8.78 Å². The van der Waals surface area contributed by atoms with Crippen molar-refractivity contribution in [3.63, 3.8) is 0 Å². The maximum Gasteiger partial charge on any atom is 0.246 e. The summed E-state index contributed by atoms with van der Waals surface area (Å²) in [5.74, 6) is -1.72. The molecule has 2 aromatic carbocycles. The molecule has 1 aliphatic heterocycles. The van der Waals surface area contributed by atoms with Gasteiger partial charge in [-0.1, -0.05) is 29.8 Å². The summed E-state index contributed by atoms with van der Waals surface area (Å²) in [6, 6.07) is 9.93. The highest BCUT2D eigenvalue weighted by atomic mass is 35.5. The molecule has 134 valence electrons. The number of piperazine rings is 1. The van der Waals surface area contributed by atoms with Crippen LogP contribution in [0.5, 0.6) is 0 Å². The number of nitrogens with zero attached hydrogens (tertiary/aromatic N) is 2. The molecule has 3 rings (SSSR count). The standard InChI is InChI=1S/C17H17ClF2N2O2S/c18-15-4-2-1-3-13(15)12-21-7-9-22(10-8-21)25(23,24)17-11-14(19)5-6-16(17)20/h1-6,11H,7-10,12H2. The zero-order chi connectivity index (χ0) is 18.0. The lowest BCUT2D eigenvalue weighted by atomic mass is 10.2. The maximum atomic E-state index is 13.8. The minimum Gasteiger partial charge on any atom is -0.296 e. The van der Waals surface area contributed by atoms with Crippen LogP contribution >= 0.6 is 11.6 Å². The molecule has 8 heteroatoms. The second-order valence-corrected chi connectivity index (χ2v) is 8.16. The summed E-state index contributed by atoms with van der Waals surface area (Å²) < 4.78 is 53.5. The van der Waals surface area contributed by atoms with Crippen molar-refractivity contribution < 1.29 is 17.2 Å². The van der Waals surface area contributed by atoms with Crippen LogP contribution in [0.2, 0.25) is 5.02 Å². The minimum absolute atomic E-state index is 0.211. The van der Waals surface area contributed by atoms with Gasteiger partial charge in [0, 0.05) is 37.7 Å². The van der Waals surface area contributed by atoms with Gasteiger partial charge in [0.1, 0.15) is 16.5 Å². The normalized spacial score (nSPS) is 16.9. The van der Waals surface area contributed by atoms with Gasteiger partial charge in [-0.2, -0.15) is 4.31 Å². The van der Waals surface area contributed by atoms with Crippen LogP contribution in [0.1, 0.15) is 5.56 Å². The van der Waals surface area contributed by atoms with E-state index in [1.807, 2.05) is 24.3 Å². The van der Waals surface area contributed by atoms with Gasteiger partial charge in [-0.05, 0) is 29.8 Å². The monoisotopic (exact) mass is 386 g/mol. The van der Waals surface area contributed by atoms with E-state index in [0.717, 1.165) is 23.8 Å². The lowest BCUT2D eigenvalue weighted by Crippen LogP contribution is -2.48. The molecule has 0 aliphatic carbocycles. The third-order valence-electron chi connectivity index (χ3n) is 4.19. The first-order valence-corrected chi connectivity index (χ1v) is 9.61. The van der Waals surface area contributed by atoms with Crippen LogP contribution in [0.3, 0.4) is 0 Å². The van der Waals surface area contributed by atoms with E-state index in [9.17, 15) is 17.2 Å². The molecular formula is C17H17ClF2N2O2S. The molecule has 0 saturated carbocycles. The van der Waals surface area contributed by atoms with Crippen LogP contribution in [-0.4, -0.2) is 43.8 Å². The van der Waals surface area contributed by atoms with Crippen molar-refractivity contribution in [3.05, 3.63) is 64.7 Å². The SMILES string of the molecule is O=S(=O)(c1cc(F)ccc1F)N1CCN(Cc2ccccc2Cl)CC1. The van der Waals surface area contributed by atoms with E-state index < -0.39 is 26.6 Å². The Bertz CT molecular complexity index is 869. The van der Waals surface area contributed by atoms with Crippen molar-refractivity contribution in [1.29, 1.82) is 0 Å². The van der Waals surface area contributed by atoms with Crippen LogP contribution in [0.15, 0.2) is 47.4 Å². The summed E-state index contributed by atoms with van der Waals surface area (Å²) in [6.07, 6.45) is 0. The zero-order valence-electron chi connectivity index (χ0n) is 13.3. The van der Waals surface area contributed by atoms with E-state index in [2.05, 4.69) is 4.90 Å². The molecule has 0 atom stereocenters. The van der Waals surface area contributed by atoms with Crippen LogP contribution in [0.25, 0.3) is 0 Å². The number of hydrogen-bond donors (Lipinski definition) is 0. The van der Waals surface area contributed by atoms with Gasteiger partial charge >= 0.3 is 0 Å². The Kier molecular flexibility index (Phi) is 5.38. The third kappa shape index (κ3) is 4.00. The second-order valence-electron chi connectivity index (χ2n) is 5.85. The predicted octanol–water partition coefficient (Wildman–Crippen LogP) is 3.12. The molecule has 1 saturated heterocycles. The Morgan fingerprint density at radius 1 is 1.00 bits per heavy atom. The molecule has 0 unspecified atom stereocenters. The number of sulfonamides is 1. The Balaban J connectivity index is 1.69. The first-order valence-electron chi connectivity index (χ1n) is 7.79. The molecule has 1 heterocycles. The van der Waals surface area contributed by atoms with E-state index in [0.29, 0.717) is 24.7 Å². The number of halogens is 3. The second kappa shape index (κ2) is 7.37. The van der Waals surface area contributed by atoms with Crippen LogP contribution < -0.4 is 0 Å². The fourth-order valence-corrected chi connectivity index (χ4v) is 4.50. The van der Waals surface area contributed by atoms with Crippen LogP contribution in [-0.2, 0) is 16.6 Å². The quantitative estimate of drug-likeness (QED) is 0.810. The van der Waals surface area contributed by atoms with Crippen molar-refractivity contribution in [2.24, 2.45) is 0 Å². The number of hydrogen-bond acceptors (Lipinski definition) is 3. The molecule has 0 N–H and O–H groups in total. The summed E-state index contributed by atoms with van der Waals surface area (Å²) in [7, 11) is -4.05. The number of benzene rings is 2. The first kappa shape index (κ1) is 18.3. The average Bonchev–Trinajstić information content (AvgIpc) is 2.59. The molecular weight excluding hydrogens is 370 g/mol. The summed E-state index contributed by atoms with van der Waals surface area (Å²) in [5.41, 5.74) is 0.969. The molecule has 0 aromatic heterocycles. The van der Waals surface area contributed by atoms with E-state index in [4.69, 9.17) is 11.6 Å². The fourth-order valence-electron chi connectivity index (χ4n) is 2.81. The molecule has 0 spiro atoms. The average molecular weight is 387 g/mol. The topological polar surface area (TPSA) is 40.6 Å². The lowest BCUT2D eigenvalue weighted by molar-refractivity contribution is 0.181. The molecule has 0 bridgehead atoms. The first-order chi connectivity index (χ1) is 11.9. The highest BCUT2D eigenvalue weighted by Gasteiger charge is 2.31. The summed E-state index contributed by atoms with van der Waals surface area (Å²) in [5, 5.41) is 0.666. The highest BCUT2D eigenvalue weighted by Crippen LogP contribution is 2.23. The van der Waals surface area contributed by atoms with Crippen LogP contribution in [0, 0.1) is 11.6 Å². The van der Waals surface area contributed by atoms with Gasteiger partial charge in [-0.15, -0.1) is 0 Å². The smallest absolute Gasteiger partial charge is 0.246 e. The number of rotatable bonds is 4. The van der Waals surface area contributed by atoms with E-state index in [-0.39, 0.29) is 13.1 Å². The molecule has 0 radical (unpaired) electrons. The molecule has 25 heavy (non-hydrogen) atoms. The van der Waals surface area contributed by atoms with Gasteiger partial charge in [-0.3, -0.25) is 4.90 Å². The predicted molar refractivity (Wildman–Crippen MR) is 91.8 cm³/mol. The van der Waals surface area contributed by atoms with Gasteiger partial charge in [0.15, 0.2) is 0 Å². The van der Waals surface area contributed by atoms with Gasteiger partial charge in [0.2, 0.25) is 10.0 Å². The largest absolute Gasteiger partial charge is 0.296 e. The van der Waals surface area contributed by atoms with Crippen molar-refractivity contribution in [2.45, 2.75) is 11.4 Å². The molecule has 4 nitrogen and oxygen atoms in total. The molecule has 1 fully saturated rings. The van der Waals surface area contributed by atoms with Gasteiger partial charge in [0.25, 0.3) is 0 Å². The molecule has 2 aromatic rings. The van der Waals surface area contributed by atoms with Gasteiger partial charge in [0.05, 0.1) is 0 Å².